The molecule has 1 saturated carbocycles. The predicted molar refractivity (Wildman–Crippen MR) is 50.0 cm³/mol. The molecule has 0 unspecified atom stereocenters. The molecule has 0 amide bonds. The molecule has 1 aliphatic carbocycles. The smallest absolute Gasteiger partial charge is 0.302 e. The first-order valence-corrected chi connectivity index (χ1v) is 4.31. The highest BCUT2D eigenvalue weighted by molar-refractivity contribution is 14.1. The van der Waals surface area contributed by atoms with Crippen LogP contribution < -0.4 is 0 Å². The van der Waals surface area contributed by atoms with Gasteiger partial charge < -0.3 is 4.74 Å². The average molecular weight is 263 g/mol. The van der Waals surface area contributed by atoms with Gasteiger partial charge in [0.1, 0.15) is 0 Å². The zero-order valence-corrected chi connectivity index (χ0v) is 8.29. The van der Waals surface area contributed by atoms with Gasteiger partial charge in [0.05, 0.1) is 10.5 Å². The van der Waals surface area contributed by atoms with E-state index in [1.54, 1.807) is 0 Å². The predicted octanol–water partition coefficient (Wildman–Crippen LogP) is 1.72. The van der Waals surface area contributed by atoms with Crippen molar-refractivity contribution in [3.8, 4) is 0 Å². The number of carbonyl (C=O) groups excluding carboxylic acids is 1. The third kappa shape index (κ3) is 2.97. The number of ether oxygens (including phenoxy) is 1. The summed E-state index contributed by atoms with van der Waals surface area (Å²) in [6, 6.07) is 0. The van der Waals surface area contributed by atoms with E-state index in [-0.39, 0.29) is 5.97 Å². The summed E-state index contributed by atoms with van der Waals surface area (Å²) in [7, 11) is 0. The number of halogens is 1. The Morgan fingerprint density at radius 3 is 2.82 bits per heavy atom. The van der Waals surface area contributed by atoms with Crippen molar-refractivity contribution < 1.29 is 9.53 Å². The third-order valence-electron chi connectivity index (χ3n) is 1.28. The van der Waals surface area contributed by atoms with Crippen LogP contribution >= 0.6 is 22.6 Å². The van der Waals surface area contributed by atoms with Gasteiger partial charge in [-0.1, -0.05) is 22.6 Å². The highest BCUT2D eigenvalue weighted by Crippen LogP contribution is 2.38. The summed E-state index contributed by atoms with van der Waals surface area (Å²) in [5.74, 6) is 0.836. The second kappa shape index (κ2) is 4.28. The van der Waals surface area contributed by atoms with Gasteiger partial charge in [-0.2, -0.15) is 0 Å². The monoisotopic (exact) mass is 263 g/mol. The van der Waals surface area contributed by atoms with Crippen LogP contribution in [-0.2, 0) is 9.53 Å². The van der Waals surface area contributed by atoms with E-state index in [2.05, 4.69) is 22.6 Å². The van der Waals surface area contributed by atoms with Crippen molar-refractivity contribution in [1.29, 1.82) is 0 Å². The molecular weight excluding hydrogens is 255 g/mol. The molecule has 0 bridgehead atoms. The van der Waals surface area contributed by atoms with E-state index in [1.807, 2.05) is 19.3 Å². The van der Waals surface area contributed by atoms with E-state index in [9.17, 15) is 4.79 Å². The van der Waals surface area contributed by atoms with E-state index >= 15 is 0 Å². The normalized spacial score (nSPS) is 20.5. The van der Waals surface area contributed by atoms with E-state index in [0.29, 0.717) is 6.61 Å². The first-order chi connectivity index (χ1) is 5.20. The van der Waals surface area contributed by atoms with Crippen molar-refractivity contribution in [1.82, 2.24) is 0 Å². The molecule has 0 aromatic rings. The number of esters is 1. The van der Waals surface area contributed by atoms with Crippen molar-refractivity contribution >= 4 is 28.6 Å². The van der Waals surface area contributed by atoms with Gasteiger partial charge >= 0.3 is 5.97 Å². The van der Waals surface area contributed by atoms with Crippen LogP contribution in [0.3, 0.4) is 0 Å². The van der Waals surface area contributed by atoms with E-state index < -0.39 is 0 Å². The number of hydrogen-bond donors (Lipinski definition) is 0. The minimum Gasteiger partial charge on any atom is -0.465 e. The Kier molecular flexibility index (Phi) is 3.62. The lowest BCUT2D eigenvalue weighted by Gasteiger charge is -2.10. The summed E-state index contributed by atoms with van der Waals surface area (Å²) in [6.45, 7) is 1.80. The molecule has 5 radical (unpaired) electrons. The lowest BCUT2D eigenvalue weighted by molar-refractivity contribution is -0.140. The maximum Gasteiger partial charge on any atom is 0.302 e. The minimum atomic E-state index is -0.234. The summed E-state index contributed by atoms with van der Waals surface area (Å²) in [5.41, 5.74) is 0. The molecule has 3 heteroatoms. The Morgan fingerprint density at radius 1 is 1.64 bits per heavy atom. The SMILES string of the molecule is CC(=O)OC[C]1[CH][CH][CH][C]1I. The van der Waals surface area contributed by atoms with Crippen molar-refractivity contribution in [2.75, 3.05) is 6.61 Å². The van der Waals surface area contributed by atoms with Gasteiger partial charge in [0.2, 0.25) is 0 Å². The topological polar surface area (TPSA) is 26.3 Å². The van der Waals surface area contributed by atoms with Gasteiger partial charge in [-0.3, -0.25) is 4.79 Å². The van der Waals surface area contributed by atoms with Gasteiger partial charge in [-0.25, -0.2) is 0 Å². The summed E-state index contributed by atoms with van der Waals surface area (Å²) < 4.78 is 5.97. The van der Waals surface area contributed by atoms with Crippen LogP contribution in [0.5, 0.6) is 0 Å². The molecule has 1 fully saturated rings. The fraction of sp³-hybridized carbons (Fsp3) is 0.250. The molecule has 1 rings (SSSR count). The number of rotatable bonds is 2. The van der Waals surface area contributed by atoms with E-state index in [0.717, 1.165) is 9.84 Å². The van der Waals surface area contributed by atoms with Crippen LogP contribution in [0.4, 0.5) is 0 Å². The fourth-order valence-electron chi connectivity index (χ4n) is 0.732. The lowest BCUT2D eigenvalue weighted by Crippen LogP contribution is -2.10. The second-order valence-electron chi connectivity index (χ2n) is 2.18. The molecule has 11 heavy (non-hydrogen) atoms. The zero-order valence-electron chi connectivity index (χ0n) is 6.13. The molecule has 0 aromatic heterocycles. The summed E-state index contributed by atoms with van der Waals surface area (Å²) in [6.07, 6.45) is 5.88. The van der Waals surface area contributed by atoms with Gasteiger partial charge in [0.25, 0.3) is 0 Å². The molecule has 0 N–H and O–H groups in total. The Hall–Kier alpha value is 0.200. The largest absolute Gasteiger partial charge is 0.465 e. The Labute approximate surface area is 80.8 Å². The van der Waals surface area contributed by atoms with Crippen molar-refractivity contribution in [2.24, 2.45) is 0 Å². The highest BCUT2D eigenvalue weighted by atomic mass is 127. The van der Waals surface area contributed by atoms with Gasteiger partial charge in [-0.15, -0.1) is 0 Å². The number of hydrogen-bond acceptors (Lipinski definition) is 2. The molecule has 2 nitrogen and oxygen atoms in total. The van der Waals surface area contributed by atoms with Gasteiger partial charge in [0.15, 0.2) is 0 Å². The zero-order chi connectivity index (χ0) is 8.27. The first-order valence-electron chi connectivity index (χ1n) is 3.23. The third-order valence-corrected chi connectivity index (χ3v) is 2.33. The van der Waals surface area contributed by atoms with Crippen LogP contribution in [0.2, 0.25) is 0 Å². The Bertz CT molecular complexity index is 147. The van der Waals surface area contributed by atoms with Gasteiger partial charge in [-0.05, 0) is 19.3 Å². The van der Waals surface area contributed by atoms with Crippen LogP contribution in [0.15, 0.2) is 0 Å². The fourth-order valence-corrected chi connectivity index (χ4v) is 1.27. The molecule has 0 aliphatic heterocycles. The van der Waals surface area contributed by atoms with Crippen molar-refractivity contribution in [3.63, 3.8) is 0 Å². The van der Waals surface area contributed by atoms with E-state index in [4.69, 9.17) is 4.74 Å². The van der Waals surface area contributed by atoms with Gasteiger partial charge in [0, 0.05) is 12.8 Å². The molecule has 1 aliphatic rings. The van der Waals surface area contributed by atoms with E-state index in [1.165, 1.54) is 6.92 Å². The molecular formula is C8H8IO2. The maximum absolute atomic E-state index is 10.4. The molecule has 0 spiro atoms. The van der Waals surface area contributed by atoms with Crippen molar-refractivity contribution in [3.05, 3.63) is 29.1 Å². The summed E-state index contributed by atoms with van der Waals surface area (Å²) >= 11 is 2.21. The van der Waals surface area contributed by atoms with Crippen LogP contribution in [0, 0.1) is 29.1 Å². The van der Waals surface area contributed by atoms with Crippen molar-refractivity contribution in [2.45, 2.75) is 6.92 Å². The molecule has 0 saturated heterocycles. The van der Waals surface area contributed by atoms with Crippen LogP contribution in [-0.4, -0.2) is 12.6 Å². The minimum absolute atomic E-state index is 0.234. The molecule has 59 valence electrons. The van der Waals surface area contributed by atoms with Crippen LogP contribution in [0.1, 0.15) is 6.92 Å². The molecule has 0 aromatic carbocycles. The maximum atomic E-state index is 10.4. The van der Waals surface area contributed by atoms with Crippen LogP contribution in [0.25, 0.3) is 0 Å². The average Bonchev–Trinajstić information content (AvgIpc) is 2.31. The quantitative estimate of drug-likeness (QED) is 0.560. The highest BCUT2D eigenvalue weighted by Gasteiger charge is 2.27. The standard InChI is InChI=1S/C8H8IO2/c1-6(10)11-5-7-3-2-4-8(7)9/h2-4H,5H2,1H3. The Morgan fingerprint density at radius 2 is 2.36 bits per heavy atom. The second-order valence-corrected chi connectivity index (χ2v) is 3.34. The molecule has 0 heterocycles. The Balaban J connectivity index is 2.20. The molecule has 0 atom stereocenters. The number of carbonyl (C=O) groups is 1. The lowest BCUT2D eigenvalue weighted by atomic mass is 10.1. The summed E-state index contributed by atoms with van der Waals surface area (Å²) in [5, 5.41) is 0. The first kappa shape index (κ1) is 9.29. The summed E-state index contributed by atoms with van der Waals surface area (Å²) in [4.78, 5) is 10.4.